The van der Waals surface area contributed by atoms with E-state index >= 15 is 0 Å². The van der Waals surface area contributed by atoms with Gasteiger partial charge in [0.2, 0.25) is 0 Å². The number of urea groups is 1. The lowest BCUT2D eigenvalue weighted by Crippen LogP contribution is -2.38. The van der Waals surface area contributed by atoms with Crippen LogP contribution in [0.5, 0.6) is 0 Å². The highest BCUT2D eigenvalue weighted by molar-refractivity contribution is 6.04. The summed E-state index contributed by atoms with van der Waals surface area (Å²) >= 11 is 0. The Morgan fingerprint density at radius 1 is 1.15 bits per heavy atom. The topological polar surface area (TPSA) is 52.6 Å². The quantitative estimate of drug-likeness (QED) is 0.803. The van der Waals surface area contributed by atoms with Gasteiger partial charge in [-0.05, 0) is 18.7 Å². The molecule has 20 heavy (non-hydrogen) atoms. The maximum atomic E-state index is 12.3. The van der Waals surface area contributed by atoms with E-state index in [2.05, 4.69) is 24.1 Å². The second-order valence-electron chi connectivity index (χ2n) is 4.81. The number of carbonyl (C=O) groups excluding carboxylic acids is 2. The van der Waals surface area contributed by atoms with Gasteiger partial charge in [0.25, 0.3) is 5.91 Å². The molecule has 108 valence electrons. The highest BCUT2D eigenvalue weighted by atomic mass is 16.2. The predicted octanol–water partition coefficient (Wildman–Crippen LogP) is 1.62. The molecule has 1 aliphatic heterocycles. The van der Waals surface area contributed by atoms with Gasteiger partial charge in [0.05, 0.1) is 0 Å². The molecule has 1 fully saturated rings. The summed E-state index contributed by atoms with van der Waals surface area (Å²) in [5, 5.41) is 2.75. The van der Waals surface area contributed by atoms with Crippen LogP contribution in [0.4, 0.5) is 4.79 Å². The molecule has 1 atom stereocenters. The molecule has 5 heteroatoms. The van der Waals surface area contributed by atoms with Gasteiger partial charge in [0.1, 0.15) is 6.04 Å². The van der Waals surface area contributed by atoms with Crippen molar-refractivity contribution < 1.29 is 9.59 Å². The minimum absolute atomic E-state index is 0.159. The van der Waals surface area contributed by atoms with Crippen LogP contribution in [0.2, 0.25) is 0 Å². The van der Waals surface area contributed by atoms with Crippen molar-refractivity contribution in [2.45, 2.75) is 19.9 Å². The molecule has 0 saturated carbocycles. The largest absolute Gasteiger partial charge is 0.325 e. The maximum absolute atomic E-state index is 12.3. The van der Waals surface area contributed by atoms with Gasteiger partial charge in [-0.3, -0.25) is 9.69 Å². The van der Waals surface area contributed by atoms with Gasteiger partial charge in [-0.2, -0.15) is 0 Å². The summed E-state index contributed by atoms with van der Waals surface area (Å²) in [6.45, 7) is 7.14. The molecule has 3 amide bonds. The van der Waals surface area contributed by atoms with E-state index in [0.717, 1.165) is 18.7 Å². The Morgan fingerprint density at radius 2 is 1.80 bits per heavy atom. The number of nitrogens with one attached hydrogen (secondary N) is 1. The number of hydrogen-bond acceptors (Lipinski definition) is 3. The molecule has 1 heterocycles. The lowest BCUT2D eigenvalue weighted by atomic mass is 10.1. The first-order valence-corrected chi connectivity index (χ1v) is 7.06. The number of benzene rings is 1. The third-order valence-corrected chi connectivity index (χ3v) is 3.69. The molecule has 1 aromatic carbocycles. The summed E-state index contributed by atoms with van der Waals surface area (Å²) in [6, 6.07) is 8.51. The first kappa shape index (κ1) is 14.5. The van der Waals surface area contributed by atoms with Crippen molar-refractivity contribution in [1.82, 2.24) is 15.1 Å². The van der Waals surface area contributed by atoms with Crippen molar-refractivity contribution in [3.63, 3.8) is 0 Å². The molecule has 0 aromatic heterocycles. The van der Waals surface area contributed by atoms with Crippen LogP contribution in [-0.4, -0.2) is 47.9 Å². The fourth-order valence-electron chi connectivity index (χ4n) is 2.38. The zero-order valence-electron chi connectivity index (χ0n) is 12.0. The number of amides is 3. The summed E-state index contributed by atoms with van der Waals surface area (Å²) in [4.78, 5) is 27.8. The van der Waals surface area contributed by atoms with E-state index in [0.29, 0.717) is 13.1 Å². The maximum Gasteiger partial charge on any atom is 0.325 e. The fraction of sp³-hybridized carbons (Fsp3) is 0.467. The Kier molecular flexibility index (Phi) is 4.74. The van der Waals surface area contributed by atoms with E-state index in [9.17, 15) is 9.59 Å². The van der Waals surface area contributed by atoms with E-state index in [-0.39, 0.29) is 11.9 Å². The Labute approximate surface area is 119 Å². The summed E-state index contributed by atoms with van der Waals surface area (Å²) in [5.74, 6) is -0.159. The molecular weight excluding hydrogens is 254 g/mol. The second-order valence-corrected chi connectivity index (χ2v) is 4.81. The van der Waals surface area contributed by atoms with Gasteiger partial charge >= 0.3 is 6.03 Å². The Morgan fingerprint density at radius 3 is 2.40 bits per heavy atom. The van der Waals surface area contributed by atoms with E-state index in [1.165, 1.54) is 4.90 Å². The number of likely N-dealkylation sites (N-methyl/N-ethyl adjacent to an activating group) is 1. The molecular formula is C15H21N3O2. The summed E-state index contributed by atoms with van der Waals surface area (Å²) in [6.07, 6.45) is 0. The zero-order chi connectivity index (χ0) is 14.5. The molecule has 2 rings (SSSR count). The predicted molar refractivity (Wildman–Crippen MR) is 77.2 cm³/mol. The minimum Gasteiger partial charge on any atom is -0.322 e. The molecule has 1 aromatic rings. The van der Waals surface area contributed by atoms with E-state index in [4.69, 9.17) is 0 Å². The lowest BCUT2D eigenvalue weighted by Gasteiger charge is -2.21. The van der Waals surface area contributed by atoms with Crippen LogP contribution >= 0.6 is 0 Å². The highest BCUT2D eigenvalue weighted by Crippen LogP contribution is 2.21. The number of imide groups is 1. The average molecular weight is 275 g/mol. The van der Waals surface area contributed by atoms with Crippen molar-refractivity contribution in [1.29, 1.82) is 0 Å². The third kappa shape index (κ3) is 2.99. The third-order valence-electron chi connectivity index (χ3n) is 3.69. The second kappa shape index (κ2) is 6.52. The smallest absolute Gasteiger partial charge is 0.322 e. The number of carbonyl (C=O) groups is 2. The minimum atomic E-state index is -0.541. The van der Waals surface area contributed by atoms with Crippen LogP contribution in [0.15, 0.2) is 30.3 Å². The Balaban J connectivity index is 2.02. The molecule has 0 aliphatic carbocycles. The van der Waals surface area contributed by atoms with Gasteiger partial charge in [-0.1, -0.05) is 44.2 Å². The first-order valence-electron chi connectivity index (χ1n) is 7.06. The Hall–Kier alpha value is -1.88. The van der Waals surface area contributed by atoms with Crippen molar-refractivity contribution in [3.8, 4) is 0 Å². The molecule has 5 nitrogen and oxygen atoms in total. The summed E-state index contributed by atoms with van der Waals surface area (Å²) in [5.41, 5.74) is 0.830. The van der Waals surface area contributed by atoms with Crippen LogP contribution in [-0.2, 0) is 4.79 Å². The standard InChI is InChI=1S/C15H21N3O2/c1-3-17(4-2)10-11-18-14(19)13(16-15(18)20)12-8-6-5-7-9-12/h5-9,13H,3-4,10-11H2,1-2H3,(H,16,20). The molecule has 1 N–H and O–H groups in total. The van der Waals surface area contributed by atoms with Crippen molar-refractivity contribution in [2.24, 2.45) is 0 Å². The van der Waals surface area contributed by atoms with Gasteiger partial charge in [0, 0.05) is 13.1 Å². The van der Waals surface area contributed by atoms with Crippen molar-refractivity contribution in [3.05, 3.63) is 35.9 Å². The number of hydrogen-bond donors (Lipinski definition) is 1. The van der Waals surface area contributed by atoms with E-state index in [1.54, 1.807) is 0 Å². The molecule has 1 saturated heterocycles. The first-order chi connectivity index (χ1) is 9.67. The lowest BCUT2D eigenvalue weighted by molar-refractivity contribution is -0.127. The number of nitrogens with zero attached hydrogens (tertiary/aromatic N) is 2. The van der Waals surface area contributed by atoms with Crippen molar-refractivity contribution >= 4 is 11.9 Å². The molecule has 1 aliphatic rings. The molecule has 0 bridgehead atoms. The monoisotopic (exact) mass is 275 g/mol. The van der Waals surface area contributed by atoms with Crippen LogP contribution in [0.25, 0.3) is 0 Å². The highest BCUT2D eigenvalue weighted by Gasteiger charge is 2.38. The number of rotatable bonds is 6. The zero-order valence-corrected chi connectivity index (χ0v) is 12.0. The Bertz CT molecular complexity index is 471. The van der Waals surface area contributed by atoms with Crippen LogP contribution in [0.1, 0.15) is 25.5 Å². The summed E-state index contributed by atoms with van der Waals surface area (Å²) in [7, 11) is 0. The van der Waals surface area contributed by atoms with Gasteiger partial charge in [-0.25, -0.2) is 4.79 Å². The summed E-state index contributed by atoms with van der Waals surface area (Å²) < 4.78 is 0. The normalized spacial score (nSPS) is 18.8. The molecule has 1 unspecified atom stereocenters. The van der Waals surface area contributed by atoms with E-state index < -0.39 is 6.04 Å². The molecule has 0 radical (unpaired) electrons. The van der Waals surface area contributed by atoms with Gasteiger partial charge < -0.3 is 10.2 Å². The van der Waals surface area contributed by atoms with Crippen LogP contribution in [0.3, 0.4) is 0 Å². The van der Waals surface area contributed by atoms with Gasteiger partial charge in [-0.15, -0.1) is 0 Å². The van der Waals surface area contributed by atoms with Crippen LogP contribution < -0.4 is 5.32 Å². The van der Waals surface area contributed by atoms with E-state index in [1.807, 2.05) is 30.3 Å². The van der Waals surface area contributed by atoms with Crippen LogP contribution in [0, 0.1) is 0 Å². The fourth-order valence-corrected chi connectivity index (χ4v) is 2.38. The van der Waals surface area contributed by atoms with Crippen molar-refractivity contribution in [2.75, 3.05) is 26.2 Å². The average Bonchev–Trinajstić information content (AvgIpc) is 2.77. The molecule has 0 spiro atoms. The van der Waals surface area contributed by atoms with Gasteiger partial charge in [0.15, 0.2) is 0 Å². The SMILES string of the molecule is CCN(CC)CCN1C(=O)NC(c2ccccc2)C1=O.